The number of carboxylic acid groups (broad SMARTS) is 1. The van der Waals surface area contributed by atoms with Crippen LogP contribution in [0, 0.1) is 0 Å². The first-order chi connectivity index (χ1) is 3.73. The molecule has 0 amide bonds. The van der Waals surface area contributed by atoms with Gasteiger partial charge in [0.15, 0.2) is 0 Å². The lowest BCUT2D eigenvalue weighted by Gasteiger charge is -1.88. The standard InChI is InChI=1S/C2H4O2.H6N3OP/c1-2(3)4;1-5(2,3)4/h1H3,(H,3,4);(H6,1,2,3,4). The second-order valence-corrected chi connectivity index (χ2v) is 2.81. The van der Waals surface area contributed by atoms with Gasteiger partial charge in [0.25, 0.3) is 13.6 Å². The second-order valence-electron chi connectivity index (χ2n) is 1.28. The van der Waals surface area contributed by atoms with Crippen LogP contribution in [-0.4, -0.2) is 11.1 Å². The SMILES string of the molecule is CC(=O)O.NP(N)(N)=O. The van der Waals surface area contributed by atoms with Crippen molar-refractivity contribution in [2.45, 2.75) is 6.92 Å². The molecule has 0 radical (unpaired) electrons. The molecule has 9 heavy (non-hydrogen) atoms. The molecule has 0 rings (SSSR count). The zero-order valence-corrected chi connectivity index (χ0v) is 5.84. The summed E-state index contributed by atoms with van der Waals surface area (Å²) in [7, 11) is -3.14. The van der Waals surface area contributed by atoms with E-state index in [0.717, 1.165) is 6.92 Å². The van der Waals surface area contributed by atoms with Crippen molar-refractivity contribution in [3.63, 3.8) is 0 Å². The molecule has 6 nitrogen and oxygen atoms in total. The van der Waals surface area contributed by atoms with Crippen LogP contribution in [0.4, 0.5) is 0 Å². The van der Waals surface area contributed by atoms with Gasteiger partial charge in [-0.1, -0.05) is 0 Å². The minimum absolute atomic E-state index is 0.833. The molecule has 0 aliphatic carbocycles. The number of carbonyl (C=O) groups is 1. The Morgan fingerprint density at radius 2 is 1.44 bits per heavy atom. The van der Waals surface area contributed by atoms with Gasteiger partial charge in [-0.25, -0.2) is 0 Å². The fourth-order valence-corrected chi connectivity index (χ4v) is 0. The van der Waals surface area contributed by atoms with Gasteiger partial charge in [-0.05, 0) is 0 Å². The van der Waals surface area contributed by atoms with Crippen molar-refractivity contribution in [1.29, 1.82) is 0 Å². The zero-order valence-electron chi connectivity index (χ0n) is 4.94. The highest BCUT2D eigenvalue weighted by atomic mass is 31.2. The molecule has 0 bridgehead atoms. The van der Waals surface area contributed by atoms with Crippen molar-refractivity contribution in [2.75, 3.05) is 0 Å². The Morgan fingerprint density at radius 1 is 1.44 bits per heavy atom. The summed E-state index contributed by atoms with van der Waals surface area (Å²) < 4.78 is 9.55. The molecule has 0 aromatic carbocycles. The van der Waals surface area contributed by atoms with Crippen LogP contribution in [0.5, 0.6) is 0 Å². The van der Waals surface area contributed by atoms with Crippen LogP contribution in [0.3, 0.4) is 0 Å². The number of hydrogen-bond donors (Lipinski definition) is 4. The van der Waals surface area contributed by atoms with Crippen LogP contribution in [0.1, 0.15) is 6.92 Å². The van der Waals surface area contributed by atoms with E-state index in [1.165, 1.54) is 0 Å². The number of nitrogens with two attached hydrogens (primary N) is 3. The molecule has 0 aromatic rings. The quantitative estimate of drug-likeness (QED) is 0.334. The van der Waals surface area contributed by atoms with Gasteiger partial charge in [0.1, 0.15) is 0 Å². The maximum atomic E-state index is 9.55. The summed E-state index contributed by atoms with van der Waals surface area (Å²) in [6.45, 7) is 1.08. The van der Waals surface area contributed by atoms with Gasteiger partial charge in [-0.2, -0.15) is 0 Å². The summed E-state index contributed by atoms with van der Waals surface area (Å²) >= 11 is 0. The summed E-state index contributed by atoms with van der Waals surface area (Å²) in [5.41, 5.74) is 13.4. The number of carboxylic acids is 1. The largest absolute Gasteiger partial charge is 0.481 e. The fraction of sp³-hybridized carbons (Fsp3) is 0.500. The molecule has 0 atom stereocenters. The van der Waals surface area contributed by atoms with E-state index in [2.05, 4.69) is 16.5 Å². The number of aliphatic carboxylic acids is 1. The molecule has 0 saturated carbocycles. The highest BCUT2D eigenvalue weighted by molar-refractivity contribution is 7.56. The van der Waals surface area contributed by atoms with Crippen molar-refractivity contribution >= 4 is 13.6 Å². The molecule has 0 heterocycles. The third-order valence-corrected chi connectivity index (χ3v) is 0. The molecule has 0 unspecified atom stereocenters. The molecule has 0 aliphatic heterocycles. The molecule has 0 spiro atoms. The lowest BCUT2D eigenvalue weighted by Crippen LogP contribution is -2.12. The van der Waals surface area contributed by atoms with E-state index < -0.39 is 13.6 Å². The van der Waals surface area contributed by atoms with Crippen LogP contribution in [0.15, 0.2) is 0 Å². The van der Waals surface area contributed by atoms with Gasteiger partial charge in [0.2, 0.25) is 0 Å². The van der Waals surface area contributed by atoms with Crippen molar-refractivity contribution in [1.82, 2.24) is 0 Å². The van der Waals surface area contributed by atoms with E-state index in [1.807, 2.05) is 0 Å². The van der Waals surface area contributed by atoms with Crippen LogP contribution >= 0.6 is 7.59 Å². The smallest absolute Gasteiger partial charge is 0.300 e. The monoisotopic (exact) mass is 155 g/mol. The van der Waals surface area contributed by atoms with Crippen molar-refractivity contribution < 1.29 is 14.5 Å². The lowest BCUT2D eigenvalue weighted by molar-refractivity contribution is -0.134. The van der Waals surface area contributed by atoms with Gasteiger partial charge in [0, 0.05) is 6.92 Å². The van der Waals surface area contributed by atoms with E-state index in [4.69, 9.17) is 9.90 Å². The van der Waals surface area contributed by atoms with Crippen molar-refractivity contribution in [2.24, 2.45) is 16.5 Å². The molecule has 0 aliphatic rings. The first kappa shape index (κ1) is 11.4. The van der Waals surface area contributed by atoms with E-state index in [1.54, 1.807) is 0 Å². The third kappa shape index (κ3) is 1340. The zero-order chi connectivity index (χ0) is 8.08. The predicted octanol–water partition coefficient (Wildman–Crippen LogP) is -0.938. The molecular formula is C2H10N3O3P. The van der Waals surface area contributed by atoms with E-state index in [9.17, 15) is 4.57 Å². The van der Waals surface area contributed by atoms with Gasteiger partial charge in [-0.15, -0.1) is 0 Å². The van der Waals surface area contributed by atoms with Crippen molar-refractivity contribution in [3.05, 3.63) is 0 Å². The minimum atomic E-state index is -3.14. The van der Waals surface area contributed by atoms with Crippen molar-refractivity contribution in [3.8, 4) is 0 Å². The first-order valence-electron chi connectivity index (χ1n) is 1.88. The average Bonchev–Trinajstić information content (AvgIpc) is 1.19. The highest BCUT2D eigenvalue weighted by Gasteiger charge is 1.90. The predicted molar refractivity (Wildman–Crippen MR) is 33.5 cm³/mol. The summed E-state index contributed by atoms with van der Waals surface area (Å²) in [5.74, 6) is -0.833. The molecule has 56 valence electrons. The fourth-order valence-electron chi connectivity index (χ4n) is 0. The Hall–Kier alpha value is -0.420. The molecular weight excluding hydrogens is 145 g/mol. The second kappa shape index (κ2) is 4.46. The summed E-state index contributed by atoms with van der Waals surface area (Å²) in [6.07, 6.45) is 0. The average molecular weight is 155 g/mol. The Bertz CT molecular complexity index is 117. The number of hydrogen-bond acceptors (Lipinski definition) is 2. The molecule has 7 N–H and O–H groups in total. The number of rotatable bonds is 0. The van der Waals surface area contributed by atoms with Crippen LogP contribution in [0.2, 0.25) is 0 Å². The summed E-state index contributed by atoms with van der Waals surface area (Å²) in [6, 6.07) is 0. The molecule has 0 saturated heterocycles. The maximum Gasteiger partial charge on any atom is 0.300 e. The topological polar surface area (TPSA) is 132 Å². The summed E-state index contributed by atoms with van der Waals surface area (Å²) in [4.78, 5) is 9.00. The minimum Gasteiger partial charge on any atom is -0.481 e. The van der Waals surface area contributed by atoms with E-state index in [0.29, 0.717) is 0 Å². The van der Waals surface area contributed by atoms with E-state index >= 15 is 0 Å². The van der Waals surface area contributed by atoms with Gasteiger partial charge in [0.05, 0.1) is 0 Å². The Kier molecular flexibility index (Phi) is 5.64. The van der Waals surface area contributed by atoms with Crippen LogP contribution < -0.4 is 16.5 Å². The Labute approximate surface area is 52.5 Å². The molecule has 7 heteroatoms. The van der Waals surface area contributed by atoms with Crippen LogP contribution in [-0.2, 0) is 9.36 Å². The third-order valence-electron chi connectivity index (χ3n) is 0. The molecule has 0 aromatic heterocycles. The first-order valence-corrected chi connectivity index (χ1v) is 3.80. The van der Waals surface area contributed by atoms with Gasteiger partial charge in [-0.3, -0.25) is 25.9 Å². The van der Waals surface area contributed by atoms with Crippen LogP contribution in [0.25, 0.3) is 0 Å². The highest BCUT2D eigenvalue weighted by Crippen LogP contribution is 2.06. The van der Waals surface area contributed by atoms with Gasteiger partial charge >= 0.3 is 0 Å². The molecule has 0 fully saturated rings. The van der Waals surface area contributed by atoms with Gasteiger partial charge < -0.3 is 5.11 Å². The normalized spacial score (nSPS) is 9.33. The Morgan fingerprint density at radius 3 is 1.44 bits per heavy atom. The Balaban J connectivity index is 0. The lowest BCUT2D eigenvalue weighted by atomic mass is 10.9. The summed E-state index contributed by atoms with van der Waals surface area (Å²) in [5, 5.41) is 7.42. The maximum absolute atomic E-state index is 9.55. The van der Waals surface area contributed by atoms with E-state index in [-0.39, 0.29) is 0 Å².